The summed E-state index contributed by atoms with van der Waals surface area (Å²) in [6.07, 6.45) is 2.53. The van der Waals surface area contributed by atoms with Crippen molar-refractivity contribution in [2.45, 2.75) is 64.6 Å². The predicted molar refractivity (Wildman–Crippen MR) is 90.6 cm³/mol. The Balaban J connectivity index is 1.85. The fourth-order valence-corrected chi connectivity index (χ4v) is 2.88. The van der Waals surface area contributed by atoms with Crippen molar-refractivity contribution in [3.8, 4) is 0 Å². The maximum absolute atomic E-state index is 11.8. The number of ether oxygens (including phenoxy) is 1. The highest BCUT2D eigenvalue weighted by molar-refractivity contribution is 6.31. The van der Waals surface area contributed by atoms with E-state index in [1.54, 1.807) is 0 Å². The standard InChI is InChI=1S/C17H25ClN2O2/c1-11-14(18)6-5-7-15(11)19-12-8-9-13(10-12)20-16(21)22-17(2,3)4/h5-7,12-13,19H,8-10H2,1-4H3,(H,20,21). The van der Waals surface area contributed by atoms with Crippen LogP contribution in [-0.2, 0) is 4.74 Å². The van der Waals surface area contributed by atoms with Crippen LogP contribution in [0.25, 0.3) is 0 Å². The average molecular weight is 325 g/mol. The Morgan fingerprint density at radius 2 is 1.95 bits per heavy atom. The minimum atomic E-state index is -0.460. The monoisotopic (exact) mass is 324 g/mol. The van der Waals surface area contributed by atoms with Crippen LogP contribution in [0, 0.1) is 6.92 Å². The summed E-state index contributed by atoms with van der Waals surface area (Å²) in [5.41, 5.74) is 1.67. The van der Waals surface area contributed by atoms with Gasteiger partial charge in [0.1, 0.15) is 5.60 Å². The lowest BCUT2D eigenvalue weighted by Crippen LogP contribution is -2.38. The van der Waals surface area contributed by atoms with E-state index in [1.807, 2.05) is 45.9 Å². The molecule has 0 aliphatic heterocycles. The summed E-state index contributed by atoms with van der Waals surface area (Å²) in [7, 11) is 0. The van der Waals surface area contributed by atoms with Gasteiger partial charge in [-0.1, -0.05) is 17.7 Å². The van der Waals surface area contributed by atoms with Crippen LogP contribution >= 0.6 is 11.6 Å². The van der Waals surface area contributed by atoms with Gasteiger partial charge in [0.25, 0.3) is 0 Å². The number of carbonyl (C=O) groups is 1. The highest BCUT2D eigenvalue weighted by Crippen LogP contribution is 2.28. The van der Waals surface area contributed by atoms with E-state index in [9.17, 15) is 4.79 Å². The molecule has 1 aromatic rings. The van der Waals surface area contributed by atoms with Gasteiger partial charge in [0.15, 0.2) is 0 Å². The molecule has 2 unspecified atom stereocenters. The summed E-state index contributed by atoms with van der Waals surface area (Å²) in [5.74, 6) is 0. The van der Waals surface area contributed by atoms with Crippen LogP contribution in [-0.4, -0.2) is 23.8 Å². The largest absolute Gasteiger partial charge is 0.444 e. The van der Waals surface area contributed by atoms with E-state index in [-0.39, 0.29) is 12.1 Å². The molecule has 4 nitrogen and oxygen atoms in total. The summed E-state index contributed by atoms with van der Waals surface area (Å²) in [6.45, 7) is 7.62. The Labute approximate surface area is 137 Å². The lowest BCUT2D eigenvalue weighted by molar-refractivity contribution is 0.0505. The predicted octanol–water partition coefficient (Wildman–Crippen LogP) is 4.51. The van der Waals surface area contributed by atoms with Crippen molar-refractivity contribution in [3.05, 3.63) is 28.8 Å². The van der Waals surface area contributed by atoms with Crippen molar-refractivity contribution in [2.75, 3.05) is 5.32 Å². The van der Waals surface area contributed by atoms with Crippen molar-refractivity contribution in [1.82, 2.24) is 5.32 Å². The van der Waals surface area contributed by atoms with Crippen molar-refractivity contribution in [3.63, 3.8) is 0 Å². The Bertz CT molecular complexity index is 540. The lowest BCUT2D eigenvalue weighted by atomic mass is 10.1. The zero-order chi connectivity index (χ0) is 16.3. The molecule has 0 heterocycles. The third-order valence-electron chi connectivity index (χ3n) is 3.78. The third-order valence-corrected chi connectivity index (χ3v) is 4.19. The first-order valence-electron chi connectivity index (χ1n) is 7.76. The van der Waals surface area contributed by atoms with Gasteiger partial charge in [-0.05, 0) is 64.7 Å². The fraction of sp³-hybridized carbons (Fsp3) is 0.588. The topological polar surface area (TPSA) is 50.4 Å². The van der Waals surface area contributed by atoms with Crippen molar-refractivity contribution < 1.29 is 9.53 Å². The van der Waals surface area contributed by atoms with Crippen LogP contribution in [0.15, 0.2) is 18.2 Å². The minimum Gasteiger partial charge on any atom is -0.444 e. The molecule has 2 N–H and O–H groups in total. The van der Waals surface area contributed by atoms with Crippen molar-refractivity contribution >= 4 is 23.4 Å². The molecule has 2 atom stereocenters. The zero-order valence-corrected chi connectivity index (χ0v) is 14.5. The highest BCUT2D eigenvalue weighted by atomic mass is 35.5. The molecule has 1 amide bonds. The van der Waals surface area contributed by atoms with Crippen LogP contribution in [0.1, 0.15) is 45.6 Å². The highest BCUT2D eigenvalue weighted by Gasteiger charge is 2.27. The van der Waals surface area contributed by atoms with Gasteiger partial charge >= 0.3 is 6.09 Å². The van der Waals surface area contributed by atoms with E-state index in [0.717, 1.165) is 35.5 Å². The molecule has 122 valence electrons. The molecule has 1 saturated carbocycles. The van der Waals surface area contributed by atoms with E-state index in [1.165, 1.54) is 0 Å². The molecular formula is C17H25ClN2O2. The number of nitrogens with one attached hydrogen (secondary N) is 2. The number of carbonyl (C=O) groups excluding carboxylic acids is 1. The average Bonchev–Trinajstić information content (AvgIpc) is 2.80. The van der Waals surface area contributed by atoms with E-state index < -0.39 is 5.60 Å². The number of hydrogen-bond acceptors (Lipinski definition) is 3. The summed E-state index contributed by atoms with van der Waals surface area (Å²) < 4.78 is 5.30. The molecule has 1 aliphatic carbocycles. The maximum Gasteiger partial charge on any atom is 0.407 e. The minimum absolute atomic E-state index is 0.159. The van der Waals surface area contributed by atoms with Gasteiger partial charge in [-0.2, -0.15) is 0 Å². The van der Waals surface area contributed by atoms with Crippen molar-refractivity contribution in [2.24, 2.45) is 0 Å². The Hall–Kier alpha value is -1.42. The number of hydrogen-bond donors (Lipinski definition) is 2. The van der Waals surface area contributed by atoms with Crippen LogP contribution in [0.2, 0.25) is 5.02 Å². The molecule has 0 bridgehead atoms. The van der Waals surface area contributed by atoms with E-state index in [4.69, 9.17) is 16.3 Å². The number of rotatable bonds is 3. The molecule has 0 spiro atoms. The number of halogens is 1. The van der Waals surface area contributed by atoms with Crippen molar-refractivity contribution in [1.29, 1.82) is 0 Å². The second kappa shape index (κ2) is 6.78. The zero-order valence-electron chi connectivity index (χ0n) is 13.7. The molecule has 2 rings (SSSR count). The van der Waals surface area contributed by atoms with E-state index >= 15 is 0 Å². The Morgan fingerprint density at radius 3 is 2.64 bits per heavy atom. The first kappa shape index (κ1) is 16.9. The molecule has 1 fully saturated rings. The number of amides is 1. The summed E-state index contributed by atoms with van der Waals surface area (Å²) in [4.78, 5) is 11.8. The molecule has 22 heavy (non-hydrogen) atoms. The molecule has 5 heteroatoms. The second-order valence-corrected chi connectivity index (χ2v) is 7.32. The number of benzene rings is 1. The SMILES string of the molecule is Cc1c(Cl)cccc1NC1CCC(NC(=O)OC(C)(C)C)C1. The molecule has 1 aliphatic rings. The lowest BCUT2D eigenvalue weighted by Gasteiger charge is -2.22. The van der Waals surface area contributed by atoms with Gasteiger partial charge in [0.2, 0.25) is 0 Å². The maximum atomic E-state index is 11.8. The van der Waals surface area contributed by atoms with Gasteiger partial charge in [0, 0.05) is 22.8 Å². The molecule has 0 saturated heterocycles. The Kier molecular flexibility index (Phi) is 5.22. The van der Waals surface area contributed by atoms with Gasteiger partial charge in [0.05, 0.1) is 0 Å². The number of anilines is 1. The summed E-state index contributed by atoms with van der Waals surface area (Å²) >= 11 is 6.14. The first-order valence-corrected chi connectivity index (χ1v) is 8.13. The third kappa shape index (κ3) is 4.80. The van der Waals surface area contributed by atoms with Gasteiger partial charge < -0.3 is 15.4 Å². The fourth-order valence-electron chi connectivity index (χ4n) is 2.70. The molecule has 0 aromatic heterocycles. The number of alkyl carbamates (subject to hydrolysis) is 1. The van der Waals surface area contributed by atoms with Crippen LogP contribution in [0.5, 0.6) is 0 Å². The van der Waals surface area contributed by atoms with Crippen LogP contribution < -0.4 is 10.6 Å². The molecular weight excluding hydrogens is 300 g/mol. The van der Waals surface area contributed by atoms with E-state index in [2.05, 4.69) is 10.6 Å². The van der Waals surface area contributed by atoms with Gasteiger partial charge in [-0.15, -0.1) is 0 Å². The molecule has 1 aromatic carbocycles. The second-order valence-electron chi connectivity index (χ2n) is 6.91. The first-order chi connectivity index (χ1) is 10.2. The van der Waals surface area contributed by atoms with Gasteiger partial charge in [-0.3, -0.25) is 0 Å². The van der Waals surface area contributed by atoms with Gasteiger partial charge in [-0.25, -0.2) is 4.79 Å². The Morgan fingerprint density at radius 1 is 1.27 bits per heavy atom. The summed E-state index contributed by atoms with van der Waals surface area (Å²) in [5, 5.41) is 7.24. The van der Waals surface area contributed by atoms with Crippen LogP contribution in [0.4, 0.5) is 10.5 Å². The van der Waals surface area contributed by atoms with E-state index in [0.29, 0.717) is 6.04 Å². The quantitative estimate of drug-likeness (QED) is 0.860. The summed E-state index contributed by atoms with van der Waals surface area (Å²) in [6, 6.07) is 6.38. The normalized spacial score (nSPS) is 21.5. The molecule has 0 radical (unpaired) electrons. The smallest absolute Gasteiger partial charge is 0.407 e. The van der Waals surface area contributed by atoms with Crippen LogP contribution in [0.3, 0.4) is 0 Å².